The van der Waals surface area contributed by atoms with Crippen molar-refractivity contribution in [3.63, 3.8) is 0 Å². The van der Waals surface area contributed by atoms with Crippen LogP contribution in [-0.4, -0.2) is 28.9 Å². The standard InChI is InChI=1S/C22H21BrN2O/c1-14-3-4-17(11-15(14)2)22(26)25-9-7-16(8-10-25)20-13-24-21-6-5-18(23)12-19(20)21/h3-7,11-13,24H,8-10H2,1-2H3. The number of carbonyl (C=O) groups excluding carboxylic acids is 1. The van der Waals surface area contributed by atoms with Gasteiger partial charge in [0.1, 0.15) is 0 Å². The second-order valence-corrected chi connectivity index (χ2v) is 7.84. The van der Waals surface area contributed by atoms with E-state index in [1.165, 1.54) is 22.1 Å². The fourth-order valence-corrected chi connectivity index (χ4v) is 3.87. The average molecular weight is 409 g/mol. The first-order chi connectivity index (χ1) is 12.5. The van der Waals surface area contributed by atoms with Gasteiger partial charge in [0.05, 0.1) is 0 Å². The maximum atomic E-state index is 12.8. The van der Waals surface area contributed by atoms with Crippen molar-refractivity contribution >= 4 is 38.3 Å². The SMILES string of the molecule is Cc1ccc(C(=O)N2CC=C(c3c[nH]c4ccc(Br)cc34)CC2)cc1C. The highest BCUT2D eigenvalue weighted by molar-refractivity contribution is 9.10. The van der Waals surface area contributed by atoms with Crippen LogP contribution in [0.5, 0.6) is 0 Å². The van der Waals surface area contributed by atoms with Crippen LogP contribution in [0.3, 0.4) is 0 Å². The van der Waals surface area contributed by atoms with E-state index in [-0.39, 0.29) is 5.91 Å². The Kier molecular flexibility index (Phi) is 4.45. The van der Waals surface area contributed by atoms with Crippen LogP contribution in [0, 0.1) is 13.8 Å². The Morgan fingerprint density at radius 2 is 1.96 bits per heavy atom. The molecule has 0 aliphatic carbocycles. The number of hydrogen-bond donors (Lipinski definition) is 1. The van der Waals surface area contributed by atoms with Gasteiger partial charge < -0.3 is 9.88 Å². The zero-order valence-electron chi connectivity index (χ0n) is 15.0. The summed E-state index contributed by atoms with van der Waals surface area (Å²) in [6, 6.07) is 12.2. The molecule has 3 aromatic rings. The fourth-order valence-electron chi connectivity index (χ4n) is 3.51. The van der Waals surface area contributed by atoms with Crippen molar-refractivity contribution in [3.8, 4) is 0 Å². The minimum absolute atomic E-state index is 0.116. The van der Waals surface area contributed by atoms with Gasteiger partial charge in [0, 0.05) is 45.8 Å². The van der Waals surface area contributed by atoms with Crippen LogP contribution < -0.4 is 0 Å². The number of aromatic amines is 1. The van der Waals surface area contributed by atoms with Crippen LogP contribution >= 0.6 is 15.9 Å². The third kappa shape index (κ3) is 3.10. The van der Waals surface area contributed by atoms with Gasteiger partial charge in [-0.3, -0.25) is 4.79 Å². The lowest BCUT2D eigenvalue weighted by Crippen LogP contribution is -2.34. The highest BCUT2D eigenvalue weighted by Gasteiger charge is 2.20. The first-order valence-corrected chi connectivity index (χ1v) is 9.65. The molecule has 0 spiro atoms. The number of fused-ring (bicyclic) bond motifs is 1. The number of aromatic nitrogens is 1. The second-order valence-electron chi connectivity index (χ2n) is 6.92. The molecule has 0 bridgehead atoms. The predicted octanol–water partition coefficient (Wildman–Crippen LogP) is 5.48. The first kappa shape index (κ1) is 17.1. The van der Waals surface area contributed by atoms with E-state index in [0.717, 1.165) is 34.1 Å². The van der Waals surface area contributed by atoms with Crippen LogP contribution in [0.1, 0.15) is 33.5 Å². The summed E-state index contributed by atoms with van der Waals surface area (Å²) in [4.78, 5) is 18.1. The molecule has 0 saturated carbocycles. The van der Waals surface area contributed by atoms with Crippen LogP contribution in [-0.2, 0) is 0 Å². The van der Waals surface area contributed by atoms with Gasteiger partial charge in [0.25, 0.3) is 5.91 Å². The third-order valence-electron chi connectivity index (χ3n) is 5.24. The van der Waals surface area contributed by atoms with Crippen molar-refractivity contribution in [1.82, 2.24) is 9.88 Å². The molecule has 2 aromatic carbocycles. The highest BCUT2D eigenvalue weighted by atomic mass is 79.9. The smallest absolute Gasteiger partial charge is 0.254 e. The summed E-state index contributed by atoms with van der Waals surface area (Å²) in [6.45, 7) is 5.52. The zero-order valence-corrected chi connectivity index (χ0v) is 16.6. The fraction of sp³-hybridized carbons (Fsp3) is 0.227. The molecule has 2 heterocycles. The van der Waals surface area contributed by atoms with Crippen LogP contribution in [0.2, 0.25) is 0 Å². The van der Waals surface area contributed by atoms with E-state index in [1.54, 1.807) is 0 Å². The first-order valence-electron chi connectivity index (χ1n) is 8.85. The van der Waals surface area contributed by atoms with Crippen molar-refractivity contribution in [2.75, 3.05) is 13.1 Å². The summed E-state index contributed by atoms with van der Waals surface area (Å²) in [6.07, 6.45) is 5.13. The molecule has 132 valence electrons. The Bertz CT molecular complexity index is 1030. The lowest BCUT2D eigenvalue weighted by molar-refractivity contribution is 0.0773. The molecule has 3 nitrogen and oxygen atoms in total. The number of H-pyrrole nitrogens is 1. The van der Waals surface area contributed by atoms with E-state index in [9.17, 15) is 4.79 Å². The van der Waals surface area contributed by atoms with Gasteiger partial charge in [-0.05, 0) is 67.3 Å². The minimum Gasteiger partial charge on any atom is -0.361 e. The van der Waals surface area contributed by atoms with Crippen molar-refractivity contribution in [3.05, 3.63) is 75.4 Å². The normalized spacial score (nSPS) is 14.6. The Hall–Kier alpha value is -2.33. The van der Waals surface area contributed by atoms with Crippen LogP contribution in [0.4, 0.5) is 0 Å². The molecule has 0 fully saturated rings. The Morgan fingerprint density at radius 3 is 2.69 bits per heavy atom. The van der Waals surface area contributed by atoms with Crippen molar-refractivity contribution in [2.45, 2.75) is 20.3 Å². The van der Waals surface area contributed by atoms with Gasteiger partial charge in [-0.1, -0.05) is 28.1 Å². The molecule has 0 radical (unpaired) electrons. The van der Waals surface area contributed by atoms with Gasteiger partial charge in [-0.25, -0.2) is 0 Å². The molecule has 0 unspecified atom stereocenters. The largest absolute Gasteiger partial charge is 0.361 e. The van der Waals surface area contributed by atoms with E-state index in [4.69, 9.17) is 0 Å². The molecule has 1 aromatic heterocycles. The monoisotopic (exact) mass is 408 g/mol. The number of nitrogens with zero attached hydrogens (tertiary/aromatic N) is 1. The van der Waals surface area contributed by atoms with Crippen molar-refractivity contribution < 1.29 is 4.79 Å². The predicted molar refractivity (Wildman–Crippen MR) is 110 cm³/mol. The van der Waals surface area contributed by atoms with Crippen LogP contribution in [0.25, 0.3) is 16.5 Å². The van der Waals surface area contributed by atoms with E-state index in [1.807, 2.05) is 29.2 Å². The van der Waals surface area contributed by atoms with Crippen molar-refractivity contribution in [1.29, 1.82) is 0 Å². The summed E-state index contributed by atoms with van der Waals surface area (Å²) in [7, 11) is 0. The number of hydrogen-bond acceptors (Lipinski definition) is 1. The summed E-state index contributed by atoms with van der Waals surface area (Å²) < 4.78 is 1.08. The highest BCUT2D eigenvalue weighted by Crippen LogP contribution is 2.31. The lowest BCUT2D eigenvalue weighted by atomic mass is 9.98. The summed E-state index contributed by atoms with van der Waals surface area (Å²) in [5, 5.41) is 1.22. The minimum atomic E-state index is 0.116. The van der Waals surface area contributed by atoms with E-state index < -0.39 is 0 Å². The number of halogens is 1. The molecule has 26 heavy (non-hydrogen) atoms. The van der Waals surface area contributed by atoms with Gasteiger partial charge in [0.15, 0.2) is 0 Å². The average Bonchev–Trinajstić information content (AvgIpc) is 3.06. The molecule has 1 aliphatic rings. The Morgan fingerprint density at radius 1 is 1.12 bits per heavy atom. The number of benzene rings is 2. The Balaban J connectivity index is 1.56. The number of rotatable bonds is 2. The molecule has 4 rings (SSSR count). The van der Waals surface area contributed by atoms with Gasteiger partial charge in [0.2, 0.25) is 0 Å². The van der Waals surface area contributed by atoms with E-state index >= 15 is 0 Å². The topological polar surface area (TPSA) is 36.1 Å². The summed E-state index contributed by atoms with van der Waals surface area (Å²) in [5.41, 5.74) is 6.83. The van der Waals surface area contributed by atoms with Gasteiger partial charge in [-0.2, -0.15) is 0 Å². The molecule has 4 heteroatoms. The molecule has 1 amide bonds. The molecule has 1 aliphatic heterocycles. The molecule has 0 atom stereocenters. The summed E-state index contributed by atoms with van der Waals surface area (Å²) >= 11 is 3.55. The van der Waals surface area contributed by atoms with E-state index in [2.05, 4.69) is 59.2 Å². The van der Waals surface area contributed by atoms with Crippen molar-refractivity contribution in [2.24, 2.45) is 0 Å². The van der Waals surface area contributed by atoms with Crippen LogP contribution in [0.15, 0.2) is 53.1 Å². The maximum Gasteiger partial charge on any atom is 0.254 e. The molecule has 0 saturated heterocycles. The van der Waals surface area contributed by atoms with Gasteiger partial charge in [-0.15, -0.1) is 0 Å². The zero-order chi connectivity index (χ0) is 18.3. The van der Waals surface area contributed by atoms with E-state index in [0.29, 0.717) is 6.54 Å². The molecular formula is C22H21BrN2O. The third-order valence-corrected chi connectivity index (χ3v) is 5.73. The Labute approximate surface area is 161 Å². The quantitative estimate of drug-likeness (QED) is 0.598. The lowest BCUT2D eigenvalue weighted by Gasteiger charge is -2.27. The molecular weight excluding hydrogens is 388 g/mol. The van der Waals surface area contributed by atoms with Gasteiger partial charge >= 0.3 is 0 Å². The second kappa shape index (κ2) is 6.76. The number of amides is 1. The maximum absolute atomic E-state index is 12.8. The number of nitrogens with one attached hydrogen (secondary N) is 1. The number of carbonyl (C=O) groups is 1. The summed E-state index contributed by atoms with van der Waals surface area (Å²) in [5.74, 6) is 0.116. The number of aryl methyl sites for hydroxylation is 2. The molecule has 1 N–H and O–H groups in total.